The van der Waals surface area contributed by atoms with Gasteiger partial charge < -0.3 is 5.32 Å². The van der Waals surface area contributed by atoms with E-state index in [0.717, 1.165) is 18.5 Å². The molecular weight excluding hydrogens is 298 g/mol. The van der Waals surface area contributed by atoms with Gasteiger partial charge in [-0.25, -0.2) is 0 Å². The zero-order valence-corrected chi connectivity index (χ0v) is 13.7. The molecule has 1 aromatic carbocycles. The number of hydrogen-bond acceptors (Lipinski definition) is 1. The summed E-state index contributed by atoms with van der Waals surface area (Å²) in [5.41, 5.74) is 1.49. The Balaban J connectivity index is 1.96. The summed E-state index contributed by atoms with van der Waals surface area (Å²) in [6, 6.07) is 9.71. The zero-order valence-electron chi connectivity index (χ0n) is 12.2. The lowest BCUT2D eigenvalue weighted by molar-refractivity contribution is 0.419. The summed E-state index contributed by atoms with van der Waals surface area (Å²) in [7, 11) is 0. The van der Waals surface area contributed by atoms with E-state index in [1.54, 1.807) is 0 Å². The molecule has 0 heterocycles. The summed E-state index contributed by atoms with van der Waals surface area (Å²) < 4.78 is 1.17. The molecule has 2 heteroatoms. The van der Waals surface area contributed by atoms with Crippen LogP contribution in [0, 0.1) is 5.92 Å². The fraction of sp³-hybridized carbons (Fsp3) is 0.647. The maximum Gasteiger partial charge on any atom is 0.0175 e. The lowest BCUT2D eigenvalue weighted by Crippen LogP contribution is -2.24. The minimum absolute atomic E-state index is 0.662. The average Bonchev–Trinajstić information content (AvgIpc) is 3.20. The summed E-state index contributed by atoms with van der Waals surface area (Å²) in [6.45, 7) is 5.82. The highest BCUT2D eigenvalue weighted by Gasteiger charge is 2.23. The van der Waals surface area contributed by atoms with E-state index in [-0.39, 0.29) is 0 Å². The van der Waals surface area contributed by atoms with Crippen LogP contribution in [0.2, 0.25) is 0 Å². The Morgan fingerprint density at radius 2 is 1.95 bits per heavy atom. The molecular formula is C17H26BrN. The Bertz CT molecular complexity index is 369. The molecule has 0 amide bonds. The molecule has 1 nitrogen and oxygen atoms in total. The van der Waals surface area contributed by atoms with Crippen LogP contribution in [0.5, 0.6) is 0 Å². The summed E-state index contributed by atoms with van der Waals surface area (Å²) in [4.78, 5) is 0. The standard InChI is InChI=1S/C17H26BrN/c1-3-4-13(2)11-15(12-19-17-9-10-17)14-5-7-16(18)8-6-14/h5-8,13,15,17,19H,3-4,9-12H2,1-2H3. The van der Waals surface area contributed by atoms with Gasteiger partial charge in [-0.1, -0.05) is 54.8 Å². The van der Waals surface area contributed by atoms with Gasteiger partial charge >= 0.3 is 0 Å². The number of hydrogen-bond donors (Lipinski definition) is 1. The van der Waals surface area contributed by atoms with Crippen LogP contribution in [0.3, 0.4) is 0 Å². The van der Waals surface area contributed by atoms with Crippen LogP contribution in [0.15, 0.2) is 28.7 Å². The summed E-state index contributed by atoms with van der Waals surface area (Å²) in [5.74, 6) is 1.48. The first kappa shape index (κ1) is 15.1. The largest absolute Gasteiger partial charge is 0.313 e. The fourth-order valence-electron chi connectivity index (χ4n) is 2.76. The normalized spacial score (nSPS) is 18.3. The van der Waals surface area contributed by atoms with Gasteiger partial charge in [-0.15, -0.1) is 0 Å². The molecule has 1 fully saturated rings. The molecule has 2 unspecified atom stereocenters. The quantitative estimate of drug-likeness (QED) is 0.700. The molecule has 0 radical (unpaired) electrons. The van der Waals surface area contributed by atoms with Crippen LogP contribution in [-0.4, -0.2) is 12.6 Å². The van der Waals surface area contributed by atoms with Gasteiger partial charge in [0, 0.05) is 17.1 Å². The van der Waals surface area contributed by atoms with Gasteiger partial charge in [-0.05, 0) is 48.8 Å². The van der Waals surface area contributed by atoms with Crippen molar-refractivity contribution in [2.75, 3.05) is 6.54 Å². The molecule has 1 saturated carbocycles. The van der Waals surface area contributed by atoms with Crippen molar-refractivity contribution in [2.45, 2.75) is 57.9 Å². The van der Waals surface area contributed by atoms with Crippen LogP contribution in [0.4, 0.5) is 0 Å². The summed E-state index contributed by atoms with van der Waals surface area (Å²) in [6.07, 6.45) is 6.69. The SMILES string of the molecule is CCCC(C)CC(CNC1CC1)c1ccc(Br)cc1. The highest BCUT2D eigenvalue weighted by molar-refractivity contribution is 9.10. The smallest absolute Gasteiger partial charge is 0.0175 e. The maximum absolute atomic E-state index is 3.71. The van der Waals surface area contributed by atoms with E-state index in [9.17, 15) is 0 Å². The third kappa shape index (κ3) is 5.27. The van der Waals surface area contributed by atoms with Gasteiger partial charge in [0.25, 0.3) is 0 Å². The van der Waals surface area contributed by atoms with Crippen LogP contribution in [0.25, 0.3) is 0 Å². The molecule has 1 aromatic rings. The van der Waals surface area contributed by atoms with E-state index in [1.165, 1.54) is 42.1 Å². The summed E-state index contributed by atoms with van der Waals surface area (Å²) in [5, 5.41) is 3.71. The van der Waals surface area contributed by atoms with Crippen molar-refractivity contribution in [3.8, 4) is 0 Å². The molecule has 1 N–H and O–H groups in total. The number of rotatable bonds is 8. The zero-order chi connectivity index (χ0) is 13.7. The Labute approximate surface area is 126 Å². The third-order valence-electron chi connectivity index (χ3n) is 4.04. The topological polar surface area (TPSA) is 12.0 Å². The van der Waals surface area contributed by atoms with Crippen LogP contribution in [0.1, 0.15) is 57.4 Å². The van der Waals surface area contributed by atoms with Crippen molar-refractivity contribution in [3.05, 3.63) is 34.3 Å². The monoisotopic (exact) mass is 323 g/mol. The first-order valence-electron chi connectivity index (χ1n) is 7.68. The van der Waals surface area contributed by atoms with Crippen molar-refractivity contribution in [2.24, 2.45) is 5.92 Å². The molecule has 0 bridgehead atoms. The van der Waals surface area contributed by atoms with Crippen molar-refractivity contribution in [3.63, 3.8) is 0 Å². The molecule has 19 heavy (non-hydrogen) atoms. The molecule has 106 valence electrons. The lowest BCUT2D eigenvalue weighted by Gasteiger charge is -2.22. The van der Waals surface area contributed by atoms with Gasteiger partial charge in [0.2, 0.25) is 0 Å². The van der Waals surface area contributed by atoms with Crippen LogP contribution >= 0.6 is 15.9 Å². The Morgan fingerprint density at radius 1 is 1.26 bits per heavy atom. The summed E-state index contributed by atoms with van der Waals surface area (Å²) >= 11 is 3.53. The third-order valence-corrected chi connectivity index (χ3v) is 4.57. The van der Waals surface area contributed by atoms with Crippen LogP contribution in [-0.2, 0) is 0 Å². The van der Waals surface area contributed by atoms with Crippen molar-refractivity contribution in [1.29, 1.82) is 0 Å². The van der Waals surface area contributed by atoms with E-state index in [4.69, 9.17) is 0 Å². The molecule has 0 aromatic heterocycles. The van der Waals surface area contributed by atoms with Gasteiger partial charge in [0.1, 0.15) is 0 Å². The van der Waals surface area contributed by atoms with E-state index in [1.807, 2.05) is 0 Å². The van der Waals surface area contributed by atoms with Gasteiger partial charge in [0.05, 0.1) is 0 Å². The van der Waals surface area contributed by atoms with Gasteiger partial charge in [-0.3, -0.25) is 0 Å². The van der Waals surface area contributed by atoms with Crippen LogP contribution < -0.4 is 5.32 Å². The molecule has 0 saturated heterocycles. The van der Waals surface area contributed by atoms with E-state index < -0.39 is 0 Å². The molecule has 0 spiro atoms. The van der Waals surface area contributed by atoms with E-state index >= 15 is 0 Å². The lowest BCUT2D eigenvalue weighted by atomic mass is 9.87. The van der Waals surface area contributed by atoms with Crippen molar-refractivity contribution < 1.29 is 0 Å². The second kappa shape index (κ2) is 7.44. The maximum atomic E-state index is 3.71. The van der Waals surface area contributed by atoms with Gasteiger partial charge in [0.15, 0.2) is 0 Å². The number of nitrogens with one attached hydrogen (secondary N) is 1. The molecule has 1 aliphatic rings. The predicted octanol–water partition coefficient (Wildman–Crippen LogP) is 5.11. The molecule has 1 aliphatic carbocycles. The second-order valence-corrected chi connectivity index (χ2v) is 6.98. The molecule has 2 rings (SSSR count). The predicted molar refractivity (Wildman–Crippen MR) is 86.6 cm³/mol. The molecule has 2 atom stereocenters. The van der Waals surface area contributed by atoms with Gasteiger partial charge in [-0.2, -0.15) is 0 Å². The first-order valence-corrected chi connectivity index (χ1v) is 8.47. The number of halogens is 1. The Hall–Kier alpha value is -0.340. The minimum atomic E-state index is 0.662. The fourth-order valence-corrected chi connectivity index (χ4v) is 3.03. The first-order chi connectivity index (χ1) is 9.19. The van der Waals surface area contributed by atoms with Crippen molar-refractivity contribution in [1.82, 2.24) is 5.32 Å². The second-order valence-electron chi connectivity index (χ2n) is 6.06. The highest BCUT2D eigenvalue weighted by Crippen LogP contribution is 2.28. The number of benzene rings is 1. The Morgan fingerprint density at radius 3 is 2.53 bits per heavy atom. The highest BCUT2D eigenvalue weighted by atomic mass is 79.9. The average molecular weight is 324 g/mol. The van der Waals surface area contributed by atoms with E-state index in [2.05, 4.69) is 59.4 Å². The van der Waals surface area contributed by atoms with Crippen molar-refractivity contribution >= 4 is 15.9 Å². The van der Waals surface area contributed by atoms with E-state index in [0.29, 0.717) is 5.92 Å². The molecule has 0 aliphatic heterocycles. The Kier molecular flexibility index (Phi) is 5.90. The minimum Gasteiger partial charge on any atom is -0.313 e.